The molecule has 4 nitrogen and oxygen atoms in total. The average Bonchev–Trinajstić information content (AvgIpc) is 2.48. The quantitative estimate of drug-likeness (QED) is 0.540. The van der Waals surface area contributed by atoms with Crippen LogP contribution in [-0.2, 0) is 0 Å². The summed E-state index contributed by atoms with van der Waals surface area (Å²) in [7, 11) is 0. The maximum Gasteiger partial charge on any atom is 0.314 e. The van der Waals surface area contributed by atoms with E-state index in [1.54, 1.807) is 6.07 Å². The molecule has 0 aliphatic rings. The number of nitrogens with one attached hydrogen (secondary N) is 2. The van der Waals surface area contributed by atoms with Crippen molar-refractivity contribution >= 4 is 38.6 Å². The van der Waals surface area contributed by atoms with Crippen LogP contribution >= 0.6 is 27.5 Å². The number of fused-ring (bicyclic) bond motifs is 1. The van der Waals surface area contributed by atoms with Crippen molar-refractivity contribution in [2.75, 3.05) is 0 Å². The zero-order valence-corrected chi connectivity index (χ0v) is 13.0. The molecule has 0 bridgehead atoms. The summed E-state index contributed by atoms with van der Waals surface area (Å²) in [6.45, 7) is 0. The number of benzene rings is 2. The van der Waals surface area contributed by atoms with E-state index in [-0.39, 0.29) is 4.83 Å². The highest BCUT2D eigenvalue weighted by Gasteiger charge is 2.14. The second kappa shape index (κ2) is 5.50. The molecule has 0 saturated heterocycles. The Bertz CT molecular complexity index is 933. The van der Waals surface area contributed by atoms with Crippen LogP contribution in [0.15, 0.2) is 52.1 Å². The fraction of sp³-hybridized carbons (Fsp3) is 0.0667. The van der Waals surface area contributed by atoms with E-state index in [1.807, 2.05) is 36.4 Å². The van der Waals surface area contributed by atoms with E-state index in [0.717, 1.165) is 11.1 Å². The van der Waals surface area contributed by atoms with E-state index in [9.17, 15) is 9.59 Å². The summed E-state index contributed by atoms with van der Waals surface area (Å²) < 4.78 is 0. The topological polar surface area (TPSA) is 65.7 Å². The number of aromatic nitrogens is 2. The molecule has 0 saturated carbocycles. The molecule has 1 heterocycles. The van der Waals surface area contributed by atoms with Crippen molar-refractivity contribution in [3.63, 3.8) is 0 Å². The molecule has 106 valence electrons. The first kappa shape index (κ1) is 14.1. The van der Waals surface area contributed by atoms with Crippen LogP contribution in [0.1, 0.15) is 16.0 Å². The number of aromatic amines is 2. The molecule has 3 rings (SSSR count). The van der Waals surface area contributed by atoms with E-state index in [2.05, 4.69) is 25.9 Å². The highest BCUT2D eigenvalue weighted by atomic mass is 79.9. The van der Waals surface area contributed by atoms with Gasteiger partial charge in [0, 0.05) is 5.02 Å². The highest BCUT2D eigenvalue weighted by molar-refractivity contribution is 9.09. The smallest absolute Gasteiger partial charge is 0.314 e. The molecule has 1 unspecified atom stereocenters. The van der Waals surface area contributed by atoms with Crippen LogP contribution in [-0.4, -0.2) is 9.97 Å². The molecule has 0 aliphatic heterocycles. The summed E-state index contributed by atoms with van der Waals surface area (Å²) in [6.07, 6.45) is 0. The van der Waals surface area contributed by atoms with Crippen molar-refractivity contribution in [1.82, 2.24) is 9.97 Å². The zero-order chi connectivity index (χ0) is 15.0. The van der Waals surface area contributed by atoms with Crippen LogP contribution in [0, 0.1) is 0 Å². The fourth-order valence-corrected chi connectivity index (χ4v) is 3.21. The van der Waals surface area contributed by atoms with E-state index >= 15 is 0 Å². The Morgan fingerprint density at radius 1 is 0.952 bits per heavy atom. The second-order valence-corrected chi connectivity index (χ2v) is 5.92. The molecule has 1 aromatic heterocycles. The number of rotatable bonds is 2. The Morgan fingerprint density at radius 2 is 1.62 bits per heavy atom. The lowest BCUT2D eigenvalue weighted by Crippen LogP contribution is -2.28. The summed E-state index contributed by atoms with van der Waals surface area (Å²) in [4.78, 5) is 27.7. The molecule has 3 aromatic rings. The van der Waals surface area contributed by atoms with Gasteiger partial charge < -0.3 is 9.97 Å². The summed E-state index contributed by atoms with van der Waals surface area (Å²) in [5.74, 6) is 0. The standard InChI is InChI=1S/C15H10BrClN2O2/c16-13(9-3-1-2-4-10(9)17)8-5-6-11-12(7-8)19-15(21)14(20)18-11/h1-7,13H,(H,18,20)(H,19,21). The highest BCUT2D eigenvalue weighted by Crippen LogP contribution is 2.35. The van der Waals surface area contributed by atoms with Crippen LogP contribution in [0.25, 0.3) is 11.0 Å². The van der Waals surface area contributed by atoms with E-state index < -0.39 is 11.1 Å². The van der Waals surface area contributed by atoms with Crippen molar-refractivity contribution in [1.29, 1.82) is 0 Å². The van der Waals surface area contributed by atoms with Gasteiger partial charge in [0.1, 0.15) is 0 Å². The maximum atomic E-state index is 11.4. The van der Waals surface area contributed by atoms with Gasteiger partial charge in [-0.1, -0.05) is 51.8 Å². The number of hydrogen-bond donors (Lipinski definition) is 2. The summed E-state index contributed by atoms with van der Waals surface area (Å²) in [5.41, 5.74) is 1.71. The first-order valence-electron chi connectivity index (χ1n) is 6.21. The molecule has 21 heavy (non-hydrogen) atoms. The summed E-state index contributed by atoms with van der Waals surface area (Å²) in [5, 5.41) is 0.662. The first-order chi connectivity index (χ1) is 10.1. The first-order valence-corrected chi connectivity index (χ1v) is 7.50. The lowest BCUT2D eigenvalue weighted by atomic mass is 10.0. The van der Waals surface area contributed by atoms with Crippen LogP contribution in [0.3, 0.4) is 0 Å². The van der Waals surface area contributed by atoms with E-state index in [1.165, 1.54) is 0 Å². The van der Waals surface area contributed by atoms with E-state index in [0.29, 0.717) is 16.1 Å². The fourth-order valence-electron chi connectivity index (χ4n) is 2.15. The SMILES string of the molecule is O=c1[nH]c2ccc(C(Br)c3ccccc3Cl)cc2[nH]c1=O. The molecule has 2 N–H and O–H groups in total. The van der Waals surface area contributed by atoms with Gasteiger partial charge in [-0.15, -0.1) is 0 Å². The van der Waals surface area contributed by atoms with Crippen molar-refractivity contribution < 1.29 is 0 Å². The van der Waals surface area contributed by atoms with Gasteiger partial charge in [0.05, 0.1) is 15.9 Å². The van der Waals surface area contributed by atoms with Gasteiger partial charge in [-0.3, -0.25) is 9.59 Å². The molecular formula is C15H10BrClN2O2. The maximum absolute atomic E-state index is 11.4. The molecule has 0 spiro atoms. The van der Waals surface area contributed by atoms with Gasteiger partial charge in [0.2, 0.25) is 0 Å². The third-order valence-corrected chi connectivity index (χ3v) is 4.58. The lowest BCUT2D eigenvalue weighted by Gasteiger charge is -2.13. The van der Waals surface area contributed by atoms with Crippen LogP contribution in [0.4, 0.5) is 0 Å². The van der Waals surface area contributed by atoms with E-state index in [4.69, 9.17) is 11.6 Å². The minimum absolute atomic E-state index is 0.106. The molecule has 0 amide bonds. The Morgan fingerprint density at radius 3 is 2.33 bits per heavy atom. The number of hydrogen-bond acceptors (Lipinski definition) is 2. The second-order valence-electron chi connectivity index (χ2n) is 4.60. The third-order valence-electron chi connectivity index (χ3n) is 3.22. The zero-order valence-electron chi connectivity index (χ0n) is 10.7. The predicted octanol–water partition coefficient (Wildman–Crippen LogP) is 3.35. The Hall–Kier alpha value is -1.85. The molecule has 0 fully saturated rings. The predicted molar refractivity (Wildman–Crippen MR) is 87.4 cm³/mol. The molecule has 1 atom stereocenters. The van der Waals surface area contributed by atoms with Gasteiger partial charge in [0.15, 0.2) is 0 Å². The average molecular weight is 366 g/mol. The van der Waals surface area contributed by atoms with Crippen molar-refractivity contribution in [2.24, 2.45) is 0 Å². The monoisotopic (exact) mass is 364 g/mol. The van der Waals surface area contributed by atoms with Crippen LogP contribution in [0.2, 0.25) is 5.02 Å². The van der Waals surface area contributed by atoms with Crippen molar-refractivity contribution in [2.45, 2.75) is 4.83 Å². The number of halogens is 2. The molecule has 2 aromatic carbocycles. The van der Waals surface area contributed by atoms with Crippen LogP contribution < -0.4 is 11.1 Å². The molecule has 6 heteroatoms. The third kappa shape index (κ3) is 2.66. The minimum Gasteiger partial charge on any atom is -0.316 e. The largest absolute Gasteiger partial charge is 0.316 e. The molecule has 0 aliphatic carbocycles. The van der Waals surface area contributed by atoms with Gasteiger partial charge >= 0.3 is 11.1 Å². The van der Waals surface area contributed by atoms with Gasteiger partial charge in [0.25, 0.3) is 0 Å². The van der Waals surface area contributed by atoms with Crippen molar-refractivity contribution in [3.05, 3.63) is 79.3 Å². The lowest BCUT2D eigenvalue weighted by molar-refractivity contribution is 1.13. The van der Waals surface area contributed by atoms with Gasteiger partial charge in [-0.25, -0.2) is 0 Å². The summed E-state index contributed by atoms with van der Waals surface area (Å²) in [6, 6.07) is 13.0. The Kier molecular flexibility index (Phi) is 3.69. The van der Waals surface area contributed by atoms with Gasteiger partial charge in [-0.2, -0.15) is 0 Å². The molecule has 0 radical (unpaired) electrons. The normalized spacial score (nSPS) is 12.5. The number of alkyl halides is 1. The van der Waals surface area contributed by atoms with Crippen molar-refractivity contribution in [3.8, 4) is 0 Å². The Balaban J connectivity index is 2.13. The number of H-pyrrole nitrogens is 2. The van der Waals surface area contributed by atoms with Gasteiger partial charge in [-0.05, 0) is 29.3 Å². The van der Waals surface area contributed by atoms with Crippen LogP contribution in [0.5, 0.6) is 0 Å². The Labute approximate surface area is 132 Å². The summed E-state index contributed by atoms with van der Waals surface area (Å²) >= 11 is 9.81. The minimum atomic E-state index is -0.663. The molecular weight excluding hydrogens is 356 g/mol.